The highest BCUT2D eigenvalue weighted by molar-refractivity contribution is 5.94. The van der Waals surface area contributed by atoms with Gasteiger partial charge in [0.05, 0.1) is 11.3 Å². The zero-order valence-corrected chi connectivity index (χ0v) is 11.8. The van der Waals surface area contributed by atoms with E-state index >= 15 is 0 Å². The Kier molecular flexibility index (Phi) is 3.84. The van der Waals surface area contributed by atoms with Crippen LogP contribution < -0.4 is 5.73 Å². The van der Waals surface area contributed by atoms with Crippen molar-refractivity contribution >= 4 is 5.91 Å². The largest absolute Gasteiger partial charge is 0.366 e. The van der Waals surface area contributed by atoms with Crippen LogP contribution in [-0.4, -0.2) is 10.9 Å². The predicted octanol–water partition coefficient (Wildman–Crippen LogP) is 3.42. The van der Waals surface area contributed by atoms with Gasteiger partial charge in [-0.1, -0.05) is 19.9 Å². The first kappa shape index (κ1) is 14.2. The summed E-state index contributed by atoms with van der Waals surface area (Å²) in [5.41, 5.74) is 8.67. The Morgan fingerprint density at radius 1 is 1.30 bits per heavy atom. The van der Waals surface area contributed by atoms with Gasteiger partial charge in [0.1, 0.15) is 5.82 Å². The Bertz CT molecular complexity index is 666. The van der Waals surface area contributed by atoms with Crippen LogP contribution in [0.15, 0.2) is 30.5 Å². The Hall–Kier alpha value is -2.23. The highest BCUT2D eigenvalue weighted by Gasteiger charge is 2.14. The number of carbonyl (C=O) groups is 1. The number of nitrogens with two attached hydrogens (primary N) is 1. The number of pyridine rings is 1. The summed E-state index contributed by atoms with van der Waals surface area (Å²) in [5.74, 6) is -1.14. The van der Waals surface area contributed by atoms with Gasteiger partial charge in [-0.25, -0.2) is 4.39 Å². The minimum Gasteiger partial charge on any atom is -0.366 e. The normalized spacial score (nSPS) is 10.8. The lowest BCUT2D eigenvalue weighted by Crippen LogP contribution is -2.13. The highest BCUT2D eigenvalue weighted by Crippen LogP contribution is 2.29. The van der Waals surface area contributed by atoms with Crippen molar-refractivity contribution in [3.05, 3.63) is 53.1 Å². The molecular weight excluding hydrogens is 255 g/mol. The van der Waals surface area contributed by atoms with E-state index in [1.165, 1.54) is 12.1 Å². The van der Waals surface area contributed by atoms with Gasteiger partial charge in [-0.3, -0.25) is 9.78 Å². The number of carbonyl (C=O) groups excluding carboxylic acids is 1. The van der Waals surface area contributed by atoms with Crippen LogP contribution in [0.5, 0.6) is 0 Å². The SMILES string of the molecule is Cc1cnc(C(C)C)c(-c2ccc(F)c(C(N)=O)c2)c1. The van der Waals surface area contributed by atoms with E-state index in [0.29, 0.717) is 0 Å². The van der Waals surface area contributed by atoms with Crippen LogP contribution in [0.3, 0.4) is 0 Å². The van der Waals surface area contributed by atoms with Crippen molar-refractivity contribution in [3.63, 3.8) is 0 Å². The number of benzene rings is 1. The van der Waals surface area contributed by atoms with Crippen LogP contribution in [-0.2, 0) is 0 Å². The average molecular weight is 272 g/mol. The van der Waals surface area contributed by atoms with Crippen LogP contribution in [0.25, 0.3) is 11.1 Å². The maximum Gasteiger partial charge on any atom is 0.251 e. The lowest BCUT2D eigenvalue weighted by molar-refractivity contribution is 0.0996. The number of primary amides is 1. The maximum absolute atomic E-state index is 13.6. The van der Waals surface area contributed by atoms with Crippen molar-refractivity contribution in [1.29, 1.82) is 0 Å². The molecule has 2 aromatic rings. The van der Waals surface area contributed by atoms with E-state index in [1.807, 2.05) is 26.8 Å². The topological polar surface area (TPSA) is 56.0 Å². The molecule has 0 spiro atoms. The highest BCUT2D eigenvalue weighted by atomic mass is 19.1. The Labute approximate surface area is 117 Å². The number of nitrogens with zero attached hydrogens (tertiary/aromatic N) is 1. The van der Waals surface area contributed by atoms with Crippen LogP contribution >= 0.6 is 0 Å². The van der Waals surface area contributed by atoms with Crippen molar-refractivity contribution in [2.24, 2.45) is 5.73 Å². The quantitative estimate of drug-likeness (QED) is 0.930. The molecule has 0 saturated heterocycles. The van der Waals surface area contributed by atoms with Crippen LogP contribution in [0.4, 0.5) is 4.39 Å². The standard InChI is InChI=1S/C16H17FN2O/c1-9(2)15-12(6-10(3)8-19-15)11-4-5-14(17)13(7-11)16(18)20/h4-9H,1-3H3,(H2,18,20). The van der Waals surface area contributed by atoms with E-state index in [9.17, 15) is 9.18 Å². The third-order valence-corrected chi connectivity index (χ3v) is 3.14. The third kappa shape index (κ3) is 2.69. The molecule has 0 fully saturated rings. The molecule has 104 valence electrons. The molecule has 0 unspecified atom stereocenters. The lowest BCUT2D eigenvalue weighted by Gasteiger charge is -2.13. The molecule has 0 bridgehead atoms. The zero-order chi connectivity index (χ0) is 14.9. The molecule has 1 heterocycles. The van der Waals surface area contributed by atoms with Gasteiger partial charge in [0.25, 0.3) is 5.91 Å². The van der Waals surface area contributed by atoms with Crippen LogP contribution in [0, 0.1) is 12.7 Å². The minimum atomic E-state index is -0.768. The lowest BCUT2D eigenvalue weighted by atomic mass is 9.95. The van der Waals surface area contributed by atoms with Crippen molar-refractivity contribution in [2.45, 2.75) is 26.7 Å². The number of hydrogen-bond acceptors (Lipinski definition) is 2. The van der Waals surface area contributed by atoms with Crippen LogP contribution in [0.2, 0.25) is 0 Å². The number of amides is 1. The van der Waals surface area contributed by atoms with Gasteiger partial charge in [-0.15, -0.1) is 0 Å². The number of rotatable bonds is 3. The fourth-order valence-corrected chi connectivity index (χ4v) is 2.15. The summed E-state index contributed by atoms with van der Waals surface area (Å²) in [7, 11) is 0. The van der Waals surface area contributed by atoms with Crippen molar-refractivity contribution in [3.8, 4) is 11.1 Å². The third-order valence-electron chi connectivity index (χ3n) is 3.14. The first-order chi connectivity index (χ1) is 9.40. The van der Waals surface area contributed by atoms with Crippen LogP contribution in [0.1, 0.15) is 41.4 Å². The molecule has 1 aromatic heterocycles. The summed E-state index contributed by atoms with van der Waals surface area (Å²) >= 11 is 0. The van der Waals surface area contributed by atoms with Crippen molar-refractivity contribution in [1.82, 2.24) is 4.98 Å². The van der Waals surface area contributed by atoms with E-state index in [-0.39, 0.29) is 11.5 Å². The molecule has 1 amide bonds. The average Bonchev–Trinajstić information content (AvgIpc) is 2.38. The molecule has 0 aliphatic heterocycles. The van der Waals surface area contributed by atoms with Crippen molar-refractivity contribution in [2.75, 3.05) is 0 Å². The molecule has 0 aliphatic rings. The first-order valence-corrected chi connectivity index (χ1v) is 6.46. The molecule has 0 aliphatic carbocycles. The summed E-state index contributed by atoms with van der Waals surface area (Å²) in [6.45, 7) is 6.03. The number of aromatic nitrogens is 1. The molecular formula is C16H17FN2O. The summed E-state index contributed by atoms with van der Waals surface area (Å²) < 4.78 is 13.6. The maximum atomic E-state index is 13.6. The first-order valence-electron chi connectivity index (χ1n) is 6.46. The number of halogens is 1. The molecule has 1 aromatic carbocycles. The Balaban J connectivity index is 2.65. The fourth-order valence-electron chi connectivity index (χ4n) is 2.15. The summed E-state index contributed by atoms with van der Waals surface area (Å²) in [4.78, 5) is 15.7. The van der Waals surface area contributed by atoms with Gasteiger partial charge in [0.2, 0.25) is 0 Å². The van der Waals surface area contributed by atoms with E-state index < -0.39 is 11.7 Å². The van der Waals surface area contributed by atoms with Gasteiger partial charge >= 0.3 is 0 Å². The van der Waals surface area contributed by atoms with E-state index in [4.69, 9.17) is 5.73 Å². The second kappa shape index (κ2) is 5.41. The molecule has 3 nitrogen and oxygen atoms in total. The van der Waals surface area contributed by atoms with Gasteiger partial charge in [-0.05, 0) is 42.2 Å². The molecule has 0 saturated carbocycles. The second-order valence-corrected chi connectivity index (χ2v) is 5.16. The summed E-state index contributed by atoms with van der Waals surface area (Å²) in [6.07, 6.45) is 1.80. The number of hydrogen-bond donors (Lipinski definition) is 1. The smallest absolute Gasteiger partial charge is 0.251 e. The Morgan fingerprint density at radius 3 is 2.60 bits per heavy atom. The van der Waals surface area contributed by atoms with Gasteiger partial charge in [-0.2, -0.15) is 0 Å². The fraction of sp³-hybridized carbons (Fsp3) is 0.250. The van der Waals surface area contributed by atoms with Gasteiger partial charge in [0, 0.05) is 11.8 Å². The van der Waals surface area contributed by atoms with Crippen molar-refractivity contribution < 1.29 is 9.18 Å². The summed E-state index contributed by atoms with van der Waals surface area (Å²) in [5, 5.41) is 0. The molecule has 0 atom stereocenters. The second-order valence-electron chi connectivity index (χ2n) is 5.16. The molecule has 2 N–H and O–H groups in total. The monoisotopic (exact) mass is 272 g/mol. The number of aryl methyl sites for hydroxylation is 1. The summed E-state index contributed by atoms with van der Waals surface area (Å²) in [6, 6.07) is 6.38. The molecule has 4 heteroatoms. The van der Waals surface area contributed by atoms with Gasteiger partial charge in [0.15, 0.2) is 0 Å². The Morgan fingerprint density at radius 2 is 2.00 bits per heavy atom. The molecule has 0 radical (unpaired) electrons. The van der Waals surface area contributed by atoms with E-state index in [2.05, 4.69) is 4.98 Å². The van der Waals surface area contributed by atoms with E-state index in [1.54, 1.807) is 12.3 Å². The van der Waals surface area contributed by atoms with E-state index in [0.717, 1.165) is 22.4 Å². The molecule has 2 rings (SSSR count). The molecule has 20 heavy (non-hydrogen) atoms. The minimum absolute atomic E-state index is 0.0984. The zero-order valence-electron chi connectivity index (χ0n) is 11.8. The predicted molar refractivity (Wildman–Crippen MR) is 77.0 cm³/mol. The van der Waals surface area contributed by atoms with Gasteiger partial charge < -0.3 is 5.73 Å².